The van der Waals surface area contributed by atoms with Crippen molar-refractivity contribution in [2.24, 2.45) is 0 Å². The number of benzene rings is 1. The summed E-state index contributed by atoms with van der Waals surface area (Å²) in [6.07, 6.45) is 6.29. The highest BCUT2D eigenvalue weighted by Crippen LogP contribution is 2.40. The van der Waals surface area contributed by atoms with Crippen LogP contribution in [0.1, 0.15) is 36.8 Å². The predicted molar refractivity (Wildman–Crippen MR) is 78.6 cm³/mol. The van der Waals surface area contributed by atoms with E-state index < -0.39 is 9.84 Å². The van der Waals surface area contributed by atoms with Crippen LogP contribution < -0.4 is 4.74 Å². The van der Waals surface area contributed by atoms with Gasteiger partial charge in [-0.05, 0) is 48.1 Å². The number of fused-ring (bicyclic) bond motifs is 3. The molecule has 20 heavy (non-hydrogen) atoms. The quantitative estimate of drug-likeness (QED) is 0.799. The van der Waals surface area contributed by atoms with Crippen molar-refractivity contribution in [3.05, 3.63) is 35.4 Å². The van der Waals surface area contributed by atoms with Gasteiger partial charge in [0.2, 0.25) is 0 Å². The molecule has 4 heteroatoms. The molecule has 0 saturated carbocycles. The van der Waals surface area contributed by atoms with Crippen LogP contribution in [0.5, 0.6) is 5.75 Å². The third-order valence-corrected chi connectivity index (χ3v) is 7.34. The van der Waals surface area contributed by atoms with Crippen molar-refractivity contribution in [2.75, 3.05) is 6.61 Å². The van der Waals surface area contributed by atoms with E-state index in [-0.39, 0.29) is 10.5 Å². The van der Waals surface area contributed by atoms with Crippen LogP contribution in [-0.4, -0.2) is 25.5 Å². The summed E-state index contributed by atoms with van der Waals surface area (Å²) in [5.74, 6) is 0.984. The van der Waals surface area contributed by atoms with Crippen LogP contribution in [0.4, 0.5) is 0 Å². The van der Waals surface area contributed by atoms with Gasteiger partial charge in [-0.25, -0.2) is 8.42 Å². The number of ether oxygens (including phenoxy) is 1. The second-order valence-corrected chi connectivity index (χ2v) is 8.45. The summed E-state index contributed by atoms with van der Waals surface area (Å²) in [4.78, 5) is 0. The SMILES string of the molecule is O=S1(=O)C2C=C(c3ccc4c(c3)CCO4)CC1CCC2. The third kappa shape index (κ3) is 1.81. The van der Waals surface area contributed by atoms with Gasteiger partial charge < -0.3 is 4.74 Å². The van der Waals surface area contributed by atoms with E-state index in [1.54, 1.807) is 0 Å². The molecule has 3 heterocycles. The van der Waals surface area contributed by atoms with Crippen LogP contribution >= 0.6 is 0 Å². The van der Waals surface area contributed by atoms with Gasteiger partial charge in [-0.15, -0.1) is 0 Å². The molecule has 0 N–H and O–H groups in total. The highest BCUT2D eigenvalue weighted by Gasteiger charge is 2.40. The molecule has 106 valence electrons. The Morgan fingerprint density at radius 3 is 2.95 bits per heavy atom. The molecule has 1 fully saturated rings. The van der Waals surface area contributed by atoms with Crippen molar-refractivity contribution in [3.63, 3.8) is 0 Å². The highest BCUT2D eigenvalue weighted by molar-refractivity contribution is 7.93. The maximum Gasteiger partial charge on any atom is 0.159 e. The average molecular weight is 290 g/mol. The minimum Gasteiger partial charge on any atom is -0.493 e. The van der Waals surface area contributed by atoms with E-state index in [2.05, 4.69) is 12.1 Å². The lowest BCUT2D eigenvalue weighted by atomic mass is 9.92. The Morgan fingerprint density at radius 1 is 1.20 bits per heavy atom. The molecule has 0 radical (unpaired) electrons. The van der Waals surface area contributed by atoms with E-state index in [4.69, 9.17) is 4.74 Å². The van der Waals surface area contributed by atoms with Gasteiger partial charge in [0.25, 0.3) is 0 Å². The van der Waals surface area contributed by atoms with E-state index in [0.29, 0.717) is 6.42 Å². The topological polar surface area (TPSA) is 43.4 Å². The molecular weight excluding hydrogens is 272 g/mol. The number of hydrogen-bond acceptors (Lipinski definition) is 3. The molecular formula is C16H18O3S. The third-order valence-electron chi connectivity index (χ3n) is 4.80. The van der Waals surface area contributed by atoms with Crippen LogP contribution in [0.25, 0.3) is 5.57 Å². The molecule has 1 saturated heterocycles. The zero-order valence-electron chi connectivity index (χ0n) is 11.3. The molecule has 1 aromatic carbocycles. The van der Waals surface area contributed by atoms with Crippen LogP contribution in [0.3, 0.4) is 0 Å². The molecule has 0 spiro atoms. The molecule has 2 unspecified atom stereocenters. The summed E-state index contributed by atoms with van der Waals surface area (Å²) in [6, 6.07) is 6.28. The minimum atomic E-state index is -2.92. The Kier molecular flexibility index (Phi) is 2.71. The Labute approximate surface area is 119 Å². The first-order valence-electron chi connectivity index (χ1n) is 7.34. The Bertz CT molecular complexity index is 688. The molecule has 2 atom stereocenters. The summed E-state index contributed by atoms with van der Waals surface area (Å²) in [5, 5.41) is -0.416. The monoisotopic (exact) mass is 290 g/mol. The van der Waals surface area contributed by atoms with Gasteiger partial charge >= 0.3 is 0 Å². The second kappa shape index (κ2) is 4.35. The fourth-order valence-corrected chi connectivity index (χ4v) is 5.91. The normalized spacial score (nSPS) is 30.3. The van der Waals surface area contributed by atoms with Crippen LogP contribution in [-0.2, 0) is 16.3 Å². The summed E-state index contributed by atoms with van der Waals surface area (Å²) in [6.45, 7) is 0.761. The summed E-state index contributed by atoms with van der Waals surface area (Å²) in [7, 11) is -2.92. The molecule has 0 aliphatic carbocycles. The lowest BCUT2D eigenvalue weighted by Crippen LogP contribution is -2.38. The van der Waals surface area contributed by atoms with Crippen molar-refractivity contribution in [2.45, 2.75) is 42.6 Å². The maximum atomic E-state index is 12.3. The molecule has 0 aromatic heterocycles. The molecule has 4 rings (SSSR count). The first-order valence-corrected chi connectivity index (χ1v) is 8.95. The molecule has 2 bridgehead atoms. The highest BCUT2D eigenvalue weighted by atomic mass is 32.2. The van der Waals surface area contributed by atoms with Crippen molar-refractivity contribution in [1.82, 2.24) is 0 Å². The van der Waals surface area contributed by atoms with Crippen molar-refractivity contribution < 1.29 is 13.2 Å². The fraction of sp³-hybridized carbons (Fsp3) is 0.500. The second-order valence-electron chi connectivity index (χ2n) is 6.00. The first-order chi connectivity index (χ1) is 9.64. The molecule has 3 aliphatic heterocycles. The fourth-order valence-electron chi connectivity index (χ4n) is 3.66. The largest absolute Gasteiger partial charge is 0.493 e. The van der Waals surface area contributed by atoms with Gasteiger partial charge in [0, 0.05) is 6.42 Å². The van der Waals surface area contributed by atoms with Crippen molar-refractivity contribution in [1.29, 1.82) is 0 Å². The van der Waals surface area contributed by atoms with E-state index in [1.165, 1.54) is 16.7 Å². The van der Waals surface area contributed by atoms with Crippen molar-refractivity contribution >= 4 is 15.4 Å². The number of hydrogen-bond donors (Lipinski definition) is 0. The predicted octanol–water partition coefficient (Wildman–Crippen LogP) is 2.74. The lowest BCUT2D eigenvalue weighted by molar-refractivity contribution is 0.357. The number of sulfone groups is 1. The van der Waals surface area contributed by atoms with Gasteiger partial charge in [0.05, 0.1) is 17.1 Å². The standard InChI is InChI=1S/C16H18O3S/c17-20(18)14-2-1-3-15(20)10-13(9-14)11-4-5-16-12(8-11)6-7-19-16/h4-5,8-9,14-15H,1-3,6-7,10H2. The summed E-state index contributed by atoms with van der Waals surface area (Å²) >= 11 is 0. The van der Waals surface area contributed by atoms with E-state index in [1.807, 2.05) is 12.1 Å². The number of rotatable bonds is 1. The lowest BCUT2D eigenvalue weighted by Gasteiger charge is -2.33. The Hall–Kier alpha value is -1.29. The van der Waals surface area contributed by atoms with Crippen LogP contribution in [0.15, 0.2) is 24.3 Å². The van der Waals surface area contributed by atoms with Gasteiger partial charge in [-0.3, -0.25) is 0 Å². The number of allylic oxidation sites excluding steroid dienone is 1. The first kappa shape index (κ1) is 12.5. The van der Waals surface area contributed by atoms with Gasteiger partial charge in [-0.2, -0.15) is 0 Å². The van der Waals surface area contributed by atoms with Gasteiger partial charge in [0.1, 0.15) is 5.75 Å². The van der Waals surface area contributed by atoms with Crippen LogP contribution in [0.2, 0.25) is 0 Å². The minimum absolute atomic E-state index is 0.161. The molecule has 3 aliphatic rings. The van der Waals surface area contributed by atoms with E-state index >= 15 is 0 Å². The van der Waals surface area contributed by atoms with Gasteiger partial charge in [-0.1, -0.05) is 18.6 Å². The molecule has 3 nitrogen and oxygen atoms in total. The van der Waals surface area contributed by atoms with E-state index in [0.717, 1.165) is 38.0 Å². The Balaban J connectivity index is 1.75. The smallest absolute Gasteiger partial charge is 0.159 e. The molecule has 0 amide bonds. The van der Waals surface area contributed by atoms with Crippen molar-refractivity contribution in [3.8, 4) is 5.75 Å². The summed E-state index contributed by atoms with van der Waals surface area (Å²) < 4.78 is 30.1. The van der Waals surface area contributed by atoms with Crippen LogP contribution in [0, 0.1) is 0 Å². The van der Waals surface area contributed by atoms with E-state index in [9.17, 15) is 8.42 Å². The zero-order valence-corrected chi connectivity index (χ0v) is 12.2. The summed E-state index contributed by atoms with van der Waals surface area (Å²) in [5.41, 5.74) is 3.65. The zero-order chi connectivity index (χ0) is 13.7. The average Bonchev–Trinajstić information content (AvgIpc) is 2.84. The maximum absolute atomic E-state index is 12.3. The Morgan fingerprint density at radius 2 is 2.10 bits per heavy atom. The molecule has 1 aromatic rings. The van der Waals surface area contributed by atoms with Gasteiger partial charge in [0.15, 0.2) is 9.84 Å².